The van der Waals surface area contributed by atoms with Crippen LogP contribution in [0.1, 0.15) is 54.9 Å². The van der Waals surface area contributed by atoms with Gasteiger partial charge in [0.1, 0.15) is 12.4 Å². The van der Waals surface area contributed by atoms with Crippen LogP contribution in [0.2, 0.25) is 0 Å². The topological polar surface area (TPSA) is 84.9 Å². The third-order valence-electron chi connectivity index (χ3n) is 6.62. The van der Waals surface area contributed by atoms with Crippen LogP contribution < -0.4 is 5.32 Å². The lowest BCUT2D eigenvalue weighted by atomic mass is 9.72. The van der Waals surface area contributed by atoms with E-state index in [4.69, 9.17) is 9.47 Å². The fraction of sp³-hybridized carbons (Fsp3) is 0.385. The van der Waals surface area contributed by atoms with E-state index in [0.29, 0.717) is 41.9 Å². The molecule has 2 N–H and O–H groups in total. The van der Waals surface area contributed by atoms with Crippen molar-refractivity contribution in [1.82, 2.24) is 5.32 Å². The molecule has 1 aromatic heterocycles. The van der Waals surface area contributed by atoms with E-state index >= 15 is 0 Å². The molecule has 0 unspecified atom stereocenters. The van der Waals surface area contributed by atoms with Gasteiger partial charge in [-0.25, -0.2) is 4.79 Å². The molecule has 1 fully saturated rings. The molecule has 172 valence electrons. The number of nitrogens with one attached hydrogen (secondary N) is 1. The van der Waals surface area contributed by atoms with Crippen molar-refractivity contribution >= 4 is 23.1 Å². The van der Waals surface area contributed by atoms with Gasteiger partial charge < -0.3 is 19.9 Å². The quantitative estimate of drug-likeness (QED) is 0.631. The van der Waals surface area contributed by atoms with Crippen molar-refractivity contribution in [2.45, 2.75) is 50.5 Å². The number of allylic oxidation sites excluding steroid dienone is 3. The molecule has 0 radical (unpaired) electrons. The Hall–Kier alpha value is -2.90. The molecule has 3 heterocycles. The summed E-state index contributed by atoms with van der Waals surface area (Å²) >= 11 is 1.66. The zero-order valence-electron chi connectivity index (χ0n) is 18.5. The van der Waals surface area contributed by atoms with Gasteiger partial charge in [-0.05, 0) is 55.3 Å². The van der Waals surface area contributed by atoms with Crippen molar-refractivity contribution in [2.75, 3.05) is 13.2 Å². The molecule has 3 aliphatic rings. The fourth-order valence-electron chi connectivity index (χ4n) is 5.09. The monoisotopic (exact) mass is 465 g/mol. The van der Waals surface area contributed by atoms with E-state index in [9.17, 15) is 14.7 Å². The second kappa shape index (κ2) is 9.15. The smallest absolute Gasteiger partial charge is 0.336 e. The lowest BCUT2D eigenvalue weighted by Gasteiger charge is -2.36. The zero-order chi connectivity index (χ0) is 22.9. The summed E-state index contributed by atoms with van der Waals surface area (Å²) in [6.07, 6.45) is 2.86. The van der Waals surface area contributed by atoms with Crippen molar-refractivity contribution in [3.8, 4) is 5.75 Å². The summed E-state index contributed by atoms with van der Waals surface area (Å²) in [6, 6.07) is 10.9. The maximum Gasteiger partial charge on any atom is 0.336 e. The average Bonchev–Trinajstić information content (AvgIpc) is 3.50. The number of rotatable bonds is 5. The first kappa shape index (κ1) is 21.9. The molecular weight excluding hydrogens is 438 g/mol. The van der Waals surface area contributed by atoms with Crippen LogP contribution in [-0.4, -0.2) is 36.2 Å². The van der Waals surface area contributed by atoms with E-state index in [1.807, 2.05) is 24.4 Å². The number of thiophene rings is 1. The Bertz CT molecular complexity index is 1130. The summed E-state index contributed by atoms with van der Waals surface area (Å²) in [6.45, 7) is 2.73. The van der Waals surface area contributed by atoms with Gasteiger partial charge in [0.25, 0.3) is 0 Å². The third kappa shape index (κ3) is 4.35. The van der Waals surface area contributed by atoms with Crippen molar-refractivity contribution in [3.05, 3.63) is 74.8 Å². The largest absolute Gasteiger partial charge is 0.508 e. The summed E-state index contributed by atoms with van der Waals surface area (Å²) < 4.78 is 11.2. The van der Waals surface area contributed by atoms with E-state index < -0.39 is 11.9 Å². The Balaban J connectivity index is 1.50. The van der Waals surface area contributed by atoms with Crippen molar-refractivity contribution < 1.29 is 24.2 Å². The van der Waals surface area contributed by atoms with Gasteiger partial charge in [0, 0.05) is 46.7 Å². The molecule has 6 nitrogen and oxygen atoms in total. The average molecular weight is 466 g/mol. The van der Waals surface area contributed by atoms with E-state index in [1.54, 1.807) is 29.5 Å². The minimum absolute atomic E-state index is 0.0208. The number of ether oxygens (including phenoxy) is 2. The van der Waals surface area contributed by atoms with Crippen LogP contribution in [0.5, 0.6) is 5.75 Å². The summed E-state index contributed by atoms with van der Waals surface area (Å²) in [7, 11) is 0. The molecule has 2 aromatic rings. The van der Waals surface area contributed by atoms with Crippen LogP contribution in [0.4, 0.5) is 0 Å². The molecule has 3 atom stereocenters. The Labute approximate surface area is 196 Å². The van der Waals surface area contributed by atoms with Gasteiger partial charge in [-0.2, -0.15) is 0 Å². The normalized spacial score (nSPS) is 25.1. The Morgan fingerprint density at radius 2 is 2.15 bits per heavy atom. The fourth-order valence-corrected chi connectivity index (χ4v) is 5.92. The predicted molar refractivity (Wildman–Crippen MR) is 125 cm³/mol. The highest BCUT2D eigenvalue weighted by Crippen LogP contribution is 2.46. The van der Waals surface area contributed by atoms with Gasteiger partial charge in [-0.1, -0.05) is 18.2 Å². The summed E-state index contributed by atoms with van der Waals surface area (Å²) in [5.41, 5.74) is 3.25. The second-order valence-electron chi connectivity index (χ2n) is 8.86. The standard InChI is InChI=1S/C26H27NO5S/c1-15-23(26(30)32-14-19-7-3-9-31-19)24(16-5-2-6-18(28)11-16)25-20(27-15)12-17(13-21(25)29)22-8-4-10-33-22/h2,4-6,8,10-11,17,19,24,27-28H,3,7,9,12-14H2,1H3/t17-,19-,24+/m0/s1. The third-order valence-corrected chi connectivity index (χ3v) is 7.66. The number of carbonyl (C=O) groups excluding carboxylic acids is 2. The highest BCUT2D eigenvalue weighted by atomic mass is 32.1. The number of ketones is 1. The van der Waals surface area contributed by atoms with Crippen LogP contribution >= 0.6 is 11.3 Å². The first-order valence-corrected chi connectivity index (χ1v) is 12.2. The summed E-state index contributed by atoms with van der Waals surface area (Å²) in [4.78, 5) is 28.0. The molecule has 1 aromatic carbocycles. The number of aromatic hydroxyl groups is 1. The number of carbonyl (C=O) groups is 2. The molecule has 2 aliphatic heterocycles. The van der Waals surface area contributed by atoms with Gasteiger partial charge in [-0.3, -0.25) is 4.79 Å². The number of benzene rings is 1. The number of Topliss-reactive ketones (excluding diaryl/α,β-unsaturated/α-hetero) is 1. The molecule has 1 aliphatic carbocycles. The first-order valence-electron chi connectivity index (χ1n) is 11.4. The minimum atomic E-state index is -0.581. The maximum atomic E-state index is 13.5. The highest BCUT2D eigenvalue weighted by Gasteiger charge is 2.41. The zero-order valence-corrected chi connectivity index (χ0v) is 19.3. The van der Waals surface area contributed by atoms with Gasteiger partial charge in [-0.15, -0.1) is 11.3 Å². The van der Waals surface area contributed by atoms with E-state index in [-0.39, 0.29) is 30.2 Å². The molecule has 0 spiro atoms. The van der Waals surface area contributed by atoms with Gasteiger partial charge in [0.2, 0.25) is 0 Å². The summed E-state index contributed by atoms with van der Waals surface area (Å²) in [5, 5.41) is 15.5. The predicted octanol–water partition coefficient (Wildman–Crippen LogP) is 4.54. The first-order chi connectivity index (χ1) is 16.0. The van der Waals surface area contributed by atoms with Crippen LogP contribution in [0.3, 0.4) is 0 Å². The number of hydrogen-bond acceptors (Lipinski definition) is 7. The van der Waals surface area contributed by atoms with Crippen LogP contribution in [0, 0.1) is 0 Å². The molecule has 0 bridgehead atoms. The Kier molecular flexibility index (Phi) is 6.08. The number of phenols is 1. The van der Waals surface area contributed by atoms with Crippen LogP contribution in [0.15, 0.2) is 64.3 Å². The molecule has 0 amide bonds. The van der Waals surface area contributed by atoms with Crippen LogP contribution in [-0.2, 0) is 19.1 Å². The molecule has 5 rings (SSSR count). The Morgan fingerprint density at radius 1 is 1.27 bits per heavy atom. The minimum Gasteiger partial charge on any atom is -0.508 e. The van der Waals surface area contributed by atoms with Crippen molar-refractivity contribution in [2.24, 2.45) is 0 Å². The maximum absolute atomic E-state index is 13.5. The summed E-state index contributed by atoms with van der Waals surface area (Å²) in [5.74, 6) is -0.801. The number of esters is 1. The second-order valence-corrected chi connectivity index (χ2v) is 9.84. The lowest BCUT2D eigenvalue weighted by molar-refractivity contribution is -0.142. The molecule has 1 saturated heterocycles. The number of phenolic OH excluding ortho intramolecular Hbond substituents is 1. The van der Waals surface area contributed by atoms with Gasteiger partial charge in [0.15, 0.2) is 5.78 Å². The molecular formula is C26H27NO5S. The molecule has 33 heavy (non-hydrogen) atoms. The van der Waals surface area contributed by atoms with E-state index in [1.165, 1.54) is 4.88 Å². The van der Waals surface area contributed by atoms with E-state index in [2.05, 4.69) is 11.4 Å². The molecule has 7 heteroatoms. The van der Waals surface area contributed by atoms with E-state index in [0.717, 1.165) is 18.5 Å². The van der Waals surface area contributed by atoms with Crippen LogP contribution in [0.25, 0.3) is 0 Å². The number of dihydropyridines is 1. The van der Waals surface area contributed by atoms with Gasteiger partial charge in [0.05, 0.1) is 11.7 Å². The SMILES string of the molecule is CC1=C(C(=O)OC[C@@H]2CCCO2)[C@@H](c2cccc(O)c2)C2=C(C[C@H](c3cccs3)CC2=O)N1. The van der Waals surface area contributed by atoms with Crippen molar-refractivity contribution in [3.63, 3.8) is 0 Å². The number of hydrogen-bond donors (Lipinski definition) is 2. The molecule has 0 saturated carbocycles. The highest BCUT2D eigenvalue weighted by molar-refractivity contribution is 7.10. The Morgan fingerprint density at radius 3 is 2.88 bits per heavy atom. The lowest BCUT2D eigenvalue weighted by Crippen LogP contribution is -2.36. The van der Waals surface area contributed by atoms with Crippen molar-refractivity contribution in [1.29, 1.82) is 0 Å². The van der Waals surface area contributed by atoms with Gasteiger partial charge >= 0.3 is 5.97 Å².